The van der Waals surface area contributed by atoms with Gasteiger partial charge in [-0.25, -0.2) is 9.78 Å². The van der Waals surface area contributed by atoms with Crippen LogP contribution in [0.25, 0.3) is 11.4 Å². The van der Waals surface area contributed by atoms with Gasteiger partial charge in [0.2, 0.25) is 0 Å². The third kappa shape index (κ3) is 6.75. The van der Waals surface area contributed by atoms with Gasteiger partial charge in [0.1, 0.15) is 28.5 Å². The van der Waals surface area contributed by atoms with Crippen LogP contribution in [0.3, 0.4) is 0 Å². The molecule has 8 nitrogen and oxygen atoms in total. The monoisotopic (exact) mass is 634 g/mol. The number of esters is 1. The van der Waals surface area contributed by atoms with Crippen molar-refractivity contribution in [2.45, 2.75) is 44.1 Å². The maximum atomic E-state index is 13.5. The van der Waals surface area contributed by atoms with Gasteiger partial charge < -0.3 is 18.9 Å². The molecular formula is C29H30BrF3N4O4. The average molecular weight is 635 g/mol. The highest BCUT2D eigenvalue weighted by Crippen LogP contribution is 2.32. The number of amides is 1. The Morgan fingerprint density at radius 2 is 1.76 bits per heavy atom. The van der Waals surface area contributed by atoms with Crippen LogP contribution < -0.4 is 4.74 Å². The number of nitrogens with zero attached hydrogens (tertiary/aromatic N) is 4. The zero-order chi connectivity index (χ0) is 29.1. The van der Waals surface area contributed by atoms with Crippen molar-refractivity contribution >= 4 is 27.8 Å². The minimum atomic E-state index is -4.81. The summed E-state index contributed by atoms with van der Waals surface area (Å²) in [5.41, 5.74) is 1.25. The summed E-state index contributed by atoms with van der Waals surface area (Å²) in [7, 11) is 1.66. The predicted octanol–water partition coefficient (Wildman–Crippen LogP) is 5.67. The Bertz CT molecular complexity index is 1390. The fourth-order valence-electron chi connectivity index (χ4n) is 5.68. The number of aromatic nitrogens is 2. The lowest BCUT2D eigenvalue weighted by atomic mass is 10.0. The van der Waals surface area contributed by atoms with Crippen molar-refractivity contribution in [1.29, 1.82) is 0 Å². The second-order valence-electron chi connectivity index (χ2n) is 10.2. The Morgan fingerprint density at radius 3 is 2.46 bits per heavy atom. The quantitative estimate of drug-likeness (QED) is 0.312. The molecule has 1 aromatic heterocycles. The van der Waals surface area contributed by atoms with Crippen LogP contribution in [0.4, 0.5) is 13.2 Å². The summed E-state index contributed by atoms with van der Waals surface area (Å²) in [6, 6.07) is 14.9. The smallest absolute Gasteiger partial charge is 0.460 e. The fourth-order valence-corrected chi connectivity index (χ4v) is 6.29. The van der Waals surface area contributed by atoms with E-state index < -0.39 is 6.36 Å². The molecule has 3 aromatic rings. The first-order valence-electron chi connectivity index (χ1n) is 13.5. The number of piperidine rings is 1. The van der Waals surface area contributed by atoms with Crippen molar-refractivity contribution < 1.29 is 32.2 Å². The summed E-state index contributed by atoms with van der Waals surface area (Å²) in [6.07, 6.45) is -1.24. The van der Waals surface area contributed by atoms with E-state index in [1.54, 1.807) is 34.7 Å². The number of ether oxygens (including phenoxy) is 2. The number of halogens is 4. The third-order valence-corrected chi connectivity index (χ3v) is 8.19. The number of likely N-dealkylation sites (tertiary alicyclic amines) is 2. The Balaban J connectivity index is 1.20. The van der Waals surface area contributed by atoms with Crippen LogP contribution in [-0.2, 0) is 11.8 Å². The van der Waals surface area contributed by atoms with E-state index in [-0.39, 0.29) is 29.7 Å². The molecule has 1 amide bonds. The number of hydrogen-bond acceptors (Lipinski definition) is 6. The van der Waals surface area contributed by atoms with Gasteiger partial charge >= 0.3 is 12.3 Å². The molecule has 2 saturated heterocycles. The minimum Gasteiger partial charge on any atom is -0.460 e. The van der Waals surface area contributed by atoms with E-state index in [1.807, 2.05) is 18.2 Å². The number of hydrogen-bond donors (Lipinski definition) is 0. The van der Waals surface area contributed by atoms with Crippen LogP contribution in [0.15, 0.2) is 59.2 Å². The largest absolute Gasteiger partial charge is 0.573 e. The highest BCUT2D eigenvalue weighted by Gasteiger charge is 2.36. The molecule has 0 N–H and O–H groups in total. The second kappa shape index (κ2) is 12.2. The molecule has 0 radical (unpaired) electrons. The third-order valence-electron chi connectivity index (χ3n) is 7.64. The van der Waals surface area contributed by atoms with Crippen LogP contribution in [0.5, 0.6) is 5.75 Å². The molecule has 0 spiro atoms. The first-order valence-corrected chi connectivity index (χ1v) is 14.3. The van der Waals surface area contributed by atoms with Crippen LogP contribution >= 0.6 is 15.9 Å². The lowest BCUT2D eigenvalue weighted by Crippen LogP contribution is -2.49. The van der Waals surface area contributed by atoms with Crippen LogP contribution in [0.1, 0.15) is 46.5 Å². The minimum absolute atomic E-state index is 0.153. The Morgan fingerprint density at radius 1 is 1.02 bits per heavy atom. The molecule has 0 bridgehead atoms. The number of carbonyl (C=O) groups is 2. The molecule has 2 fully saturated rings. The van der Waals surface area contributed by atoms with Crippen LogP contribution in [-0.4, -0.2) is 75.9 Å². The molecular weight excluding hydrogens is 605 g/mol. The van der Waals surface area contributed by atoms with Gasteiger partial charge in [0, 0.05) is 37.8 Å². The van der Waals surface area contributed by atoms with Crippen molar-refractivity contribution in [2.24, 2.45) is 7.05 Å². The van der Waals surface area contributed by atoms with E-state index in [0.29, 0.717) is 46.9 Å². The predicted molar refractivity (Wildman–Crippen MR) is 148 cm³/mol. The maximum absolute atomic E-state index is 13.5. The van der Waals surface area contributed by atoms with E-state index in [1.165, 1.54) is 18.2 Å². The van der Waals surface area contributed by atoms with Crippen LogP contribution in [0.2, 0.25) is 0 Å². The van der Waals surface area contributed by atoms with Crippen molar-refractivity contribution in [3.05, 3.63) is 70.5 Å². The Labute approximate surface area is 244 Å². The molecule has 1 atom stereocenters. The zero-order valence-corrected chi connectivity index (χ0v) is 24.0. The summed E-state index contributed by atoms with van der Waals surface area (Å²) < 4.78 is 49.7. The SMILES string of the molecule is Cn1c(-c2cccc(OC(F)(F)F)c2)nc(Br)c1C(=O)N1CCC(N2CCC[C@H]2COC(=O)c2ccccc2)CC1. The van der Waals surface area contributed by atoms with E-state index in [9.17, 15) is 22.8 Å². The molecule has 2 aliphatic rings. The molecule has 0 unspecified atom stereocenters. The normalized spacial score (nSPS) is 18.5. The van der Waals surface area contributed by atoms with Gasteiger partial charge in [0.15, 0.2) is 0 Å². The summed E-state index contributed by atoms with van der Waals surface area (Å²) in [5.74, 6) is -0.542. The average Bonchev–Trinajstić information content (AvgIpc) is 3.54. The van der Waals surface area contributed by atoms with Crippen LogP contribution in [0, 0.1) is 0 Å². The number of rotatable bonds is 7. The van der Waals surface area contributed by atoms with Gasteiger partial charge in [-0.1, -0.05) is 30.3 Å². The Kier molecular flexibility index (Phi) is 8.69. The molecule has 2 aliphatic heterocycles. The zero-order valence-electron chi connectivity index (χ0n) is 22.4. The fraction of sp³-hybridized carbons (Fsp3) is 0.414. The summed E-state index contributed by atoms with van der Waals surface area (Å²) in [5, 5.41) is 0. The standard InChI is InChI=1S/C29H30BrF3N4O4/c1-35-24(25(30)34-26(35)20-9-5-11-23(17-20)41-29(31,32)33)27(38)36-15-12-21(13-16-36)37-14-6-10-22(37)18-40-28(39)19-7-3-2-4-8-19/h2-5,7-9,11,17,21-22H,6,10,12-16,18H2,1H3/t22-/m0/s1. The first kappa shape index (κ1) is 29.1. The molecule has 0 saturated carbocycles. The maximum Gasteiger partial charge on any atom is 0.573 e. The number of imidazole rings is 1. The highest BCUT2D eigenvalue weighted by atomic mass is 79.9. The summed E-state index contributed by atoms with van der Waals surface area (Å²) in [4.78, 5) is 34.6. The lowest BCUT2D eigenvalue weighted by molar-refractivity contribution is -0.274. The van der Waals surface area contributed by atoms with Gasteiger partial charge in [-0.2, -0.15) is 0 Å². The van der Waals surface area contributed by atoms with Crippen molar-refractivity contribution in [3.8, 4) is 17.1 Å². The van der Waals surface area contributed by atoms with Gasteiger partial charge in [-0.15, -0.1) is 13.2 Å². The lowest BCUT2D eigenvalue weighted by Gasteiger charge is -2.39. The number of carbonyl (C=O) groups excluding carboxylic acids is 2. The Hall–Kier alpha value is -3.38. The number of benzene rings is 2. The van der Waals surface area contributed by atoms with Gasteiger partial charge in [-0.3, -0.25) is 9.69 Å². The van der Waals surface area contributed by atoms with E-state index in [2.05, 4.69) is 30.6 Å². The van der Waals surface area contributed by atoms with E-state index >= 15 is 0 Å². The molecule has 218 valence electrons. The van der Waals surface area contributed by atoms with Crippen molar-refractivity contribution in [2.75, 3.05) is 26.2 Å². The molecule has 2 aromatic carbocycles. The summed E-state index contributed by atoms with van der Waals surface area (Å²) >= 11 is 3.38. The highest BCUT2D eigenvalue weighted by molar-refractivity contribution is 9.10. The molecule has 0 aliphatic carbocycles. The van der Waals surface area contributed by atoms with Crippen molar-refractivity contribution in [3.63, 3.8) is 0 Å². The molecule has 5 rings (SSSR count). The number of alkyl halides is 3. The van der Waals surface area contributed by atoms with E-state index in [4.69, 9.17) is 4.74 Å². The topological polar surface area (TPSA) is 76.9 Å². The first-order chi connectivity index (χ1) is 19.6. The van der Waals surface area contributed by atoms with Gasteiger partial charge in [0.05, 0.1) is 5.56 Å². The molecule has 12 heteroatoms. The van der Waals surface area contributed by atoms with Gasteiger partial charge in [0.25, 0.3) is 5.91 Å². The molecule has 41 heavy (non-hydrogen) atoms. The van der Waals surface area contributed by atoms with Gasteiger partial charge in [-0.05, 0) is 72.4 Å². The van der Waals surface area contributed by atoms with E-state index in [0.717, 1.165) is 32.2 Å². The summed E-state index contributed by atoms with van der Waals surface area (Å²) in [6.45, 7) is 2.38. The molecule has 3 heterocycles. The second-order valence-corrected chi connectivity index (χ2v) is 11.0. The van der Waals surface area contributed by atoms with Crippen molar-refractivity contribution in [1.82, 2.24) is 19.4 Å².